The standard InChI is InChI=1S/C16H28O/c1-12(2)14-8-7-13(3)11-16(14,17)10-9-15(4,5)6/h12-14,17H,7-8,11H2,1-6H3/t13-,14+,16+/m1/s1. The maximum absolute atomic E-state index is 10.9. The zero-order valence-corrected chi connectivity index (χ0v) is 12.3. The van der Waals surface area contributed by atoms with Crippen LogP contribution in [0.3, 0.4) is 0 Å². The third-order valence-electron chi connectivity index (χ3n) is 3.70. The number of rotatable bonds is 1. The molecule has 0 aromatic rings. The molecular formula is C16H28O. The lowest BCUT2D eigenvalue weighted by Crippen LogP contribution is -2.44. The Morgan fingerprint density at radius 3 is 2.29 bits per heavy atom. The SMILES string of the molecule is CC(C)[C@@H]1CC[C@@H](C)C[C@@]1(O)C#CC(C)(C)C. The summed E-state index contributed by atoms with van der Waals surface area (Å²) >= 11 is 0. The lowest BCUT2D eigenvalue weighted by atomic mass is 9.67. The van der Waals surface area contributed by atoms with Gasteiger partial charge in [-0.15, -0.1) is 0 Å². The summed E-state index contributed by atoms with van der Waals surface area (Å²) in [6.07, 6.45) is 3.16. The van der Waals surface area contributed by atoms with E-state index in [1.54, 1.807) is 0 Å². The fourth-order valence-corrected chi connectivity index (χ4v) is 2.81. The highest BCUT2D eigenvalue weighted by Crippen LogP contribution is 2.40. The van der Waals surface area contributed by atoms with E-state index in [1.165, 1.54) is 6.42 Å². The Morgan fingerprint density at radius 1 is 1.24 bits per heavy atom. The molecule has 1 rings (SSSR count). The first-order valence-electron chi connectivity index (χ1n) is 6.91. The first-order valence-corrected chi connectivity index (χ1v) is 6.91. The Kier molecular flexibility index (Phi) is 4.31. The van der Waals surface area contributed by atoms with E-state index in [0.29, 0.717) is 17.8 Å². The summed E-state index contributed by atoms with van der Waals surface area (Å²) in [5.74, 6) is 7.86. The van der Waals surface area contributed by atoms with Crippen molar-refractivity contribution in [2.24, 2.45) is 23.2 Å². The maximum atomic E-state index is 10.9. The van der Waals surface area contributed by atoms with Crippen molar-refractivity contribution < 1.29 is 5.11 Å². The summed E-state index contributed by atoms with van der Waals surface area (Å²) in [5.41, 5.74) is -0.795. The predicted molar refractivity (Wildman–Crippen MR) is 73.5 cm³/mol. The van der Waals surface area contributed by atoms with Crippen molar-refractivity contribution in [3.05, 3.63) is 0 Å². The molecule has 1 fully saturated rings. The van der Waals surface area contributed by atoms with Crippen molar-refractivity contribution in [3.63, 3.8) is 0 Å². The molecule has 0 spiro atoms. The summed E-state index contributed by atoms with van der Waals surface area (Å²) in [7, 11) is 0. The van der Waals surface area contributed by atoms with E-state index in [4.69, 9.17) is 0 Å². The third kappa shape index (κ3) is 4.03. The van der Waals surface area contributed by atoms with Gasteiger partial charge in [-0.1, -0.05) is 39.0 Å². The van der Waals surface area contributed by atoms with Gasteiger partial charge >= 0.3 is 0 Å². The van der Waals surface area contributed by atoms with Gasteiger partial charge in [-0.2, -0.15) is 0 Å². The largest absolute Gasteiger partial charge is 0.377 e. The molecule has 1 aliphatic rings. The van der Waals surface area contributed by atoms with Crippen molar-refractivity contribution in [1.82, 2.24) is 0 Å². The summed E-state index contributed by atoms with van der Waals surface area (Å²) in [5, 5.41) is 10.9. The quantitative estimate of drug-likeness (QED) is 0.685. The molecule has 0 aliphatic heterocycles. The fraction of sp³-hybridized carbons (Fsp3) is 0.875. The first kappa shape index (κ1) is 14.6. The summed E-state index contributed by atoms with van der Waals surface area (Å²) in [4.78, 5) is 0. The van der Waals surface area contributed by atoms with Crippen LogP contribution in [0.15, 0.2) is 0 Å². The Labute approximate surface area is 107 Å². The fourth-order valence-electron chi connectivity index (χ4n) is 2.81. The van der Waals surface area contributed by atoms with E-state index in [0.717, 1.165) is 12.8 Å². The summed E-state index contributed by atoms with van der Waals surface area (Å²) in [6, 6.07) is 0. The van der Waals surface area contributed by atoms with Crippen LogP contribution in [-0.4, -0.2) is 10.7 Å². The molecule has 17 heavy (non-hydrogen) atoms. The minimum atomic E-state index is -0.765. The molecule has 1 aliphatic carbocycles. The zero-order chi connectivity index (χ0) is 13.3. The maximum Gasteiger partial charge on any atom is 0.128 e. The summed E-state index contributed by atoms with van der Waals surface area (Å²) in [6.45, 7) is 12.9. The molecule has 0 unspecified atom stereocenters. The van der Waals surface area contributed by atoms with Crippen molar-refractivity contribution in [2.75, 3.05) is 0 Å². The molecule has 0 bridgehead atoms. The Bertz CT molecular complexity index is 313. The molecule has 0 aromatic carbocycles. The number of hydrogen-bond donors (Lipinski definition) is 1. The highest BCUT2D eigenvalue weighted by atomic mass is 16.3. The molecule has 0 saturated heterocycles. The van der Waals surface area contributed by atoms with Gasteiger partial charge in [0.15, 0.2) is 0 Å². The van der Waals surface area contributed by atoms with Gasteiger partial charge in [0.2, 0.25) is 0 Å². The van der Waals surface area contributed by atoms with Crippen molar-refractivity contribution in [1.29, 1.82) is 0 Å². The van der Waals surface area contributed by atoms with Crippen LogP contribution in [0, 0.1) is 35.0 Å². The Balaban J connectivity index is 2.96. The van der Waals surface area contributed by atoms with Gasteiger partial charge < -0.3 is 5.11 Å². The van der Waals surface area contributed by atoms with E-state index in [-0.39, 0.29) is 5.41 Å². The van der Waals surface area contributed by atoms with Crippen LogP contribution in [0.25, 0.3) is 0 Å². The molecule has 98 valence electrons. The minimum Gasteiger partial charge on any atom is -0.377 e. The van der Waals surface area contributed by atoms with Gasteiger partial charge in [-0.05, 0) is 45.4 Å². The molecule has 1 nitrogen and oxygen atoms in total. The van der Waals surface area contributed by atoms with E-state index in [1.807, 2.05) is 0 Å². The second kappa shape index (κ2) is 5.02. The number of hydrogen-bond acceptors (Lipinski definition) is 1. The van der Waals surface area contributed by atoms with Crippen LogP contribution in [0.1, 0.15) is 60.8 Å². The van der Waals surface area contributed by atoms with Crippen LogP contribution < -0.4 is 0 Å². The molecule has 0 aromatic heterocycles. The highest BCUT2D eigenvalue weighted by Gasteiger charge is 2.41. The van der Waals surface area contributed by atoms with E-state index >= 15 is 0 Å². The molecular weight excluding hydrogens is 208 g/mol. The minimum absolute atomic E-state index is 0.0298. The lowest BCUT2D eigenvalue weighted by molar-refractivity contribution is -0.0328. The molecule has 0 heterocycles. The summed E-state index contributed by atoms with van der Waals surface area (Å²) < 4.78 is 0. The van der Waals surface area contributed by atoms with Crippen molar-refractivity contribution in [3.8, 4) is 11.8 Å². The van der Waals surface area contributed by atoms with Crippen LogP contribution in [0.4, 0.5) is 0 Å². The van der Waals surface area contributed by atoms with Crippen molar-refractivity contribution >= 4 is 0 Å². The van der Waals surface area contributed by atoms with Crippen LogP contribution in [0.5, 0.6) is 0 Å². The van der Waals surface area contributed by atoms with Crippen LogP contribution >= 0.6 is 0 Å². The first-order chi connectivity index (χ1) is 7.64. The Hall–Kier alpha value is -0.480. The Morgan fingerprint density at radius 2 is 1.82 bits per heavy atom. The predicted octanol–water partition coefficient (Wildman–Crippen LogP) is 3.86. The average Bonchev–Trinajstić information content (AvgIpc) is 2.13. The van der Waals surface area contributed by atoms with Crippen LogP contribution in [-0.2, 0) is 0 Å². The second-order valence-corrected chi connectivity index (χ2v) is 7.16. The van der Waals surface area contributed by atoms with E-state index in [2.05, 4.69) is 53.4 Å². The zero-order valence-electron chi connectivity index (χ0n) is 12.3. The molecule has 1 N–H and O–H groups in total. The normalized spacial score (nSPS) is 34.4. The van der Waals surface area contributed by atoms with Gasteiger partial charge in [-0.3, -0.25) is 0 Å². The molecule has 1 saturated carbocycles. The van der Waals surface area contributed by atoms with Gasteiger partial charge in [0.25, 0.3) is 0 Å². The lowest BCUT2D eigenvalue weighted by Gasteiger charge is -2.41. The highest BCUT2D eigenvalue weighted by molar-refractivity contribution is 5.21. The van der Waals surface area contributed by atoms with Gasteiger partial charge in [-0.25, -0.2) is 0 Å². The van der Waals surface area contributed by atoms with Gasteiger partial charge in [0.1, 0.15) is 5.60 Å². The monoisotopic (exact) mass is 236 g/mol. The van der Waals surface area contributed by atoms with E-state index < -0.39 is 5.60 Å². The van der Waals surface area contributed by atoms with Gasteiger partial charge in [0.05, 0.1) is 0 Å². The van der Waals surface area contributed by atoms with Crippen molar-refractivity contribution in [2.45, 2.75) is 66.4 Å². The third-order valence-corrected chi connectivity index (χ3v) is 3.70. The molecule has 0 radical (unpaired) electrons. The smallest absolute Gasteiger partial charge is 0.128 e. The second-order valence-electron chi connectivity index (χ2n) is 7.16. The molecule has 0 amide bonds. The van der Waals surface area contributed by atoms with Gasteiger partial charge in [0, 0.05) is 11.3 Å². The van der Waals surface area contributed by atoms with Crippen LogP contribution in [0.2, 0.25) is 0 Å². The molecule has 1 heteroatoms. The average molecular weight is 236 g/mol. The molecule has 3 atom stereocenters. The number of aliphatic hydroxyl groups is 1. The van der Waals surface area contributed by atoms with E-state index in [9.17, 15) is 5.11 Å². The topological polar surface area (TPSA) is 20.2 Å².